The molecular formula is C28H54O2. The summed E-state index contributed by atoms with van der Waals surface area (Å²) in [6.45, 7) is 4.15. The van der Waals surface area contributed by atoms with Gasteiger partial charge in [-0.1, -0.05) is 129 Å². The van der Waals surface area contributed by atoms with Crippen LogP contribution in [0.4, 0.5) is 0 Å². The van der Waals surface area contributed by atoms with E-state index in [4.69, 9.17) is 0 Å². The normalized spacial score (nSPS) is 12.6. The maximum Gasteiger partial charge on any atom is 0.136 e. The molecule has 178 valence electrons. The molecule has 1 atom stereocenters. The summed E-state index contributed by atoms with van der Waals surface area (Å²) in [5.41, 5.74) is 0. The average Bonchev–Trinajstić information content (AvgIpc) is 2.75. The number of ketones is 1. The van der Waals surface area contributed by atoms with Gasteiger partial charge in [0.2, 0.25) is 0 Å². The van der Waals surface area contributed by atoms with Gasteiger partial charge in [-0.25, -0.2) is 0 Å². The molecule has 0 aromatic heterocycles. The summed E-state index contributed by atoms with van der Waals surface area (Å²) in [5.74, 6) is 0.343. The molecule has 1 N–H and O–H groups in total. The highest BCUT2D eigenvalue weighted by Gasteiger charge is 2.03. The minimum Gasteiger partial charge on any atom is -0.393 e. The smallest absolute Gasteiger partial charge is 0.136 e. The molecule has 0 spiro atoms. The second kappa shape index (κ2) is 24.6. The highest BCUT2D eigenvalue weighted by molar-refractivity contribution is 5.79. The maximum atomic E-state index is 11.2. The zero-order valence-corrected chi connectivity index (χ0v) is 20.6. The van der Waals surface area contributed by atoms with Crippen molar-refractivity contribution in [3.63, 3.8) is 0 Å². The molecule has 0 aromatic carbocycles. The van der Waals surface area contributed by atoms with E-state index in [1.807, 2.05) is 13.0 Å². The molecule has 0 radical (unpaired) electrons. The molecule has 0 heterocycles. The number of carbonyl (C=O) groups is 1. The standard InChI is InChI=1S/C28H54O2/c1-3-5-21-25-28(30)26-23-20-18-16-14-12-10-8-6-7-9-11-13-15-17-19-22-24-27(29)4-2/h19,22,28,30H,3-18,20-21,23-26H2,1-2H3. The SMILES string of the molecule is CCCCCC(O)CCCCCCCCCCCCCCCCC=CCC(=O)CC. The molecule has 0 saturated carbocycles. The molecule has 0 fully saturated rings. The number of allylic oxidation sites excluding steroid dienone is 2. The van der Waals surface area contributed by atoms with Crippen LogP contribution in [0, 0.1) is 0 Å². The van der Waals surface area contributed by atoms with Crippen molar-refractivity contribution < 1.29 is 9.90 Å². The summed E-state index contributed by atoms with van der Waals surface area (Å²) in [6.07, 6.45) is 31.4. The highest BCUT2D eigenvalue weighted by atomic mass is 16.3. The fraction of sp³-hybridized carbons (Fsp3) is 0.893. The van der Waals surface area contributed by atoms with Crippen molar-refractivity contribution in [1.29, 1.82) is 0 Å². The largest absolute Gasteiger partial charge is 0.393 e. The first-order chi connectivity index (χ1) is 14.7. The lowest BCUT2D eigenvalue weighted by Gasteiger charge is -2.09. The van der Waals surface area contributed by atoms with Crippen molar-refractivity contribution in [1.82, 2.24) is 0 Å². The topological polar surface area (TPSA) is 37.3 Å². The van der Waals surface area contributed by atoms with Crippen molar-refractivity contribution >= 4 is 5.78 Å². The van der Waals surface area contributed by atoms with Gasteiger partial charge < -0.3 is 5.11 Å². The van der Waals surface area contributed by atoms with Crippen LogP contribution in [0.15, 0.2) is 12.2 Å². The van der Waals surface area contributed by atoms with Gasteiger partial charge >= 0.3 is 0 Å². The van der Waals surface area contributed by atoms with Crippen LogP contribution in [0.2, 0.25) is 0 Å². The minimum absolute atomic E-state index is 0.0455. The van der Waals surface area contributed by atoms with E-state index in [9.17, 15) is 9.90 Å². The Labute approximate surface area is 189 Å². The Balaban J connectivity index is 3.14. The number of hydrogen-bond acceptors (Lipinski definition) is 2. The monoisotopic (exact) mass is 422 g/mol. The van der Waals surface area contributed by atoms with Gasteiger partial charge in [-0.05, 0) is 25.7 Å². The molecule has 0 aliphatic rings. The average molecular weight is 423 g/mol. The van der Waals surface area contributed by atoms with Gasteiger partial charge in [0, 0.05) is 12.8 Å². The van der Waals surface area contributed by atoms with Gasteiger partial charge in [-0.3, -0.25) is 4.79 Å². The first-order valence-electron chi connectivity index (χ1n) is 13.5. The molecule has 0 amide bonds. The molecule has 0 aliphatic heterocycles. The lowest BCUT2D eigenvalue weighted by Crippen LogP contribution is -2.05. The van der Waals surface area contributed by atoms with E-state index in [-0.39, 0.29) is 6.10 Å². The van der Waals surface area contributed by atoms with Crippen LogP contribution in [0.1, 0.15) is 155 Å². The zero-order valence-electron chi connectivity index (χ0n) is 20.6. The van der Waals surface area contributed by atoms with E-state index in [1.165, 1.54) is 109 Å². The molecule has 1 unspecified atom stereocenters. The lowest BCUT2D eigenvalue weighted by atomic mass is 10.0. The molecule has 2 heteroatoms. The second-order valence-electron chi connectivity index (χ2n) is 9.24. The van der Waals surface area contributed by atoms with Gasteiger partial charge in [0.05, 0.1) is 6.10 Å². The number of aliphatic hydroxyl groups excluding tert-OH is 1. The Hall–Kier alpha value is -0.630. The Bertz CT molecular complexity index is 375. The molecular weight excluding hydrogens is 368 g/mol. The van der Waals surface area contributed by atoms with Crippen molar-refractivity contribution in [2.75, 3.05) is 0 Å². The van der Waals surface area contributed by atoms with E-state index < -0.39 is 0 Å². The molecule has 2 nitrogen and oxygen atoms in total. The summed E-state index contributed by atoms with van der Waals surface area (Å²) >= 11 is 0. The summed E-state index contributed by atoms with van der Waals surface area (Å²) in [7, 11) is 0. The van der Waals surface area contributed by atoms with Gasteiger partial charge in [-0.15, -0.1) is 0 Å². The first kappa shape index (κ1) is 29.4. The van der Waals surface area contributed by atoms with Crippen molar-refractivity contribution in [2.24, 2.45) is 0 Å². The molecule has 30 heavy (non-hydrogen) atoms. The minimum atomic E-state index is -0.0455. The van der Waals surface area contributed by atoms with Crippen LogP contribution in [-0.4, -0.2) is 17.0 Å². The van der Waals surface area contributed by atoms with E-state index in [2.05, 4.69) is 13.0 Å². The number of Topliss-reactive ketones (excluding diaryl/α,β-unsaturated/α-hetero) is 1. The molecule has 0 rings (SSSR count). The van der Waals surface area contributed by atoms with Gasteiger partial charge in [-0.2, -0.15) is 0 Å². The Morgan fingerprint density at radius 3 is 1.53 bits per heavy atom. The van der Waals surface area contributed by atoms with E-state index in [0.717, 1.165) is 19.3 Å². The van der Waals surface area contributed by atoms with E-state index in [0.29, 0.717) is 18.6 Å². The summed E-state index contributed by atoms with van der Waals surface area (Å²) in [6, 6.07) is 0. The van der Waals surface area contributed by atoms with Gasteiger partial charge in [0.15, 0.2) is 0 Å². The molecule has 0 aliphatic carbocycles. The number of carbonyl (C=O) groups excluding carboxylic acids is 1. The Morgan fingerprint density at radius 2 is 1.07 bits per heavy atom. The van der Waals surface area contributed by atoms with Crippen LogP contribution < -0.4 is 0 Å². The molecule has 0 bridgehead atoms. The Morgan fingerprint density at radius 1 is 0.633 bits per heavy atom. The van der Waals surface area contributed by atoms with Crippen LogP contribution in [0.5, 0.6) is 0 Å². The maximum absolute atomic E-state index is 11.2. The predicted molar refractivity (Wildman–Crippen MR) is 133 cm³/mol. The van der Waals surface area contributed by atoms with Crippen LogP contribution in [0.3, 0.4) is 0 Å². The third-order valence-electron chi connectivity index (χ3n) is 6.21. The third kappa shape index (κ3) is 23.6. The van der Waals surface area contributed by atoms with Crippen LogP contribution in [-0.2, 0) is 4.79 Å². The van der Waals surface area contributed by atoms with Crippen LogP contribution in [0.25, 0.3) is 0 Å². The summed E-state index contributed by atoms with van der Waals surface area (Å²) in [5, 5.41) is 9.92. The fourth-order valence-corrected chi connectivity index (χ4v) is 4.01. The third-order valence-corrected chi connectivity index (χ3v) is 6.21. The molecule has 0 aromatic rings. The Kier molecular flexibility index (Phi) is 24.1. The highest BCUT2D eigenvalue weighted by Crippen LogP contribution is 2.15. The van der Waals surface area contributed by atoms with E-state index >= 15 is 0 Å². The van der Waals surface area contributed by atoms with Crippen molar-refractivity contribution in [2.45, 2.75) is 161 Å². The second-order valence-corrected chi connectivity index (χ2v) is 9.24. The lowest BCUT2D eigenvalue weighted by molar-refractivity contribution is -0.117. The number of unbranched alkanes of at least 4 members (excludes halogenated alkanes) is 16. The zero-order chi connectivity index (χ0) is 22.1. The predicted octanol–water partition coefficient (Wildman–Crippen LogP) is 9.09. The summed E-state index contributed by atoms with van der Waals surface area (Å²) < 4.78 is 0. The molecule has 0 saturated heterocycles. The van der Waals surface area contributed by atoms with Crippen LogP contribution >= 0.6 is 0 Å². The van der Waals surface area contributed by atoms with Gasteiger partial charge in [0.1, 0.15) is 5.78 Å². The van der Waals surface area contributed by atoms with E-state index in [1.54, 1.807) is 0 Å². The fourth-order valence-electron chi connectivity index (χ4n) is 4.01. The van der Waals surface area contributed by atoms with Gasteiger partial charge in [0.25, 0.3) is 0 Å². The quantitative estimate of drug-likeness (QED) is 0.124. The first-order valence-corrected chi connectivity index (χ1v) is 13.5. The number of aliphatic hydroxyl groups is 1. The number of rotatable bonds is 24. The summed E-state index contributed by atoms with van der Waals surface area (Å²) in [4.78, 5) is 11.2. The van der Waals surface area contributed by atoms with Crippen molar-refractivity contribution in [3.8, 4) is 0 Å². The van der Waals surface area contributed by atoms with Crippen molar-refractivity contribution in [3.05, 3.63) is 12.2 Å². The number of hydrogen-bond donors (Lipinski definition) is 1.